The monoisotopic (exact) mass is 398 g/mol. The van der Waals surface area contributed by atoms with Crippen LogP contribution in [0.1, 0.15) is 30.4 Å². The van der Waals surface area contributed by atoms with Gasteiger partial charge in [-0.05, 0) is 54.8 Å². The van der Waals surface area contributed by atoms with Crippen molar-refractivity contribution in [3.05, 3.63) is 65.5 Å². The van der Waals surface area contributed by atoms with Crippen molar-refractivity contribution in [1.29, 1.82) is 0 Å². The maximum Gasteiger partial charge on any atom is 0.317 e. The first-order valence-electron chi connectivity index (χ1n) is 9.37. The van der Waals surface area contributed by atoms with Crippen LogP contribution in [-0.4, -0.2) is 32.6 Å². The molecule has 29 heavy (non-hydrogen) atoms. The van der Waals surface area contributed by atoms with Gasteiger partial charge in [0.25, 0.3) is 0 Å². The van der Waals surface area contributed by atoms with Gasteiger partial charge in [-0.3, -0.25) is 9.59 Å². The summed E-state index contributed by atoms with van der Waals surface area (Å²) in [5.41, 5.74) is 2.02. The molecular weight excluding hydrogens is 375 g/mol. The molecule has 1 aliphatic rings. The zero-order chi connectivity index (χ0) is 21.0. The number of carbonyl (C=O) groups is 2. The van der Waals surface area contributed by atoms with E-state index >= 15 is 0 Å². The lowest BCUT2D eigenvalue weighted by Crippen LogP contribution is -2.34. The molecule has 2 atom stereocenters. The number of allylic oxidation sites excluding steroid dienone is 2. The maximum atomic E-state index is 13.9. The first kappa shape index (κ1) is 20.6. The molecule has 5 nitrogen and oxygen atoms in total. The number of methoxy groups -OCH3 is 2. The molecule has 0 unspecified atom stereocenters. The van der Waals surface area contributed by atoms with Crippen molar-refractivity contribution in [2.75, 3.05) is 20.8 Å². The zero-order valence-electron chi connectivity index (χ0n) is 16.6. The van der Waals surface area contributed by atoms with Crippen molar-refractivity contribution in [3.8, 4) is 11.5 Å². The number of halogens is 1. The van der Waals surface area contributed by atoms with Crippen LogP contribution in [0.3, 0.4) is 0 Å². The van der Waals surface area contributed by atoms with E-state index in [1.807, 2.05) is 6.07 Å². The summed E-state index contributed by atoms with van der Waals surface area (Å²) in [7, 11) is 3.09. The molecular formula is C23H23FO5. The van der Waals surface area contributed by atoms with Gasteiger partial charge < -0.3 is 14.2 Å². The van der Waals surface area contributed by atoms with Crippen LogP contribution in [0, 0.1) is 11.7 Å². The summed E-state index contributed by atoms with van der Waals surface area (Å²) >= 11 is 0. The van der Waals surface area contributed by atoms with Crippen LogP contribution in [0.15, 0.2) is 48.5 Å². The van der Waals surface area contributed by atoms with Crippen LogP contribution in [0.4, 0.5) is 4.39 Å². The highest BCUT2D eigenvalue weighted by Gasteiger charge is 2.40. The minimum absolute atomic E-state index is 0.168. The molecule has 0 aromatic heterocycles. The van der Waals surface area contributed by atoms with E-state index in [-0.39, 0.29) is 12.4 Å². The van der Waals surface area contributed by atoms with Crippen molar-refractivity contribution >= 4 is 17.3 Å². The zero-order valence-corrected chi connectivity index (χ0v) is 16.6. The summed E-state index contributed by atoms with van der Waals surface area (Å²) in [4.78, 5) is 25.5. The molecule has 0 bridgehead atoms. The van der Waals surface area contributed by atoms with Crippen molar-refractivity contribution in [3.63, 3.8) is 0 Å². The Kier molecular flexibility index (Phi) is 6.32. The second-order valence-electron chi connectivity index (χ2n) is 6.73. The third kappa shape index (κ3) is 4.31. The topological polar surface area (TPSA) is 61.8 Å². The smallest absolute Gasteiger partial charge is 0.317 e. The van der Waals surface area contributed by atoms with E-state index in [0.717, 1.165) is 5.56 Å². The predicted octanol–water partition coefficient (Wildman–Crippen LogP) is 4.16. The molecule has 3 rings (SSSR count). The lowest BCUT2D eigenvalue weighted by Gasteiger charge is -2.30. The standard InChI is InChI=1S/C23H23FO5/c1-4-29-23(26)22-19(14-6-5-7-16(24)10-14)11-15(12-20(22)25)18-9-8-17(27-2)13-21(18)28-3/h5-10,12-13,19,22H,4,11H2,1-3H3/t19-,22-/m0/s1. The molecule has 0 radical (unpaired) electrons. The molecule has 1 aliphatic carbocycles. The predicted molar refractivity (Wildman–Crippen MR) is 106 cm³/mol. The van der Waals surface area contributed by atoms with Crippen molar-refractivity contribution in [2.24, 2.45) is 5.92 Å². The minimum atomic E-state index is -1.01. The summed E-state index contributed by atoms with van der Waals surface area (Å²) in [5.74, 6) is -1.75. The van der Waals surface area contributed by atoms with Gasteiger partial charge in [0.2, 0.25) is 0 Å². The van der Waals surface area contributed by atoms with Gasteiger partial charge in [-0.25, -0.2) is 4.39 Å². The number of ketones is 1. The van der Waals surface area contributed by atoms with Crippen LogP contribution in [-0.2, 0) is 14.3 Å². The van der Waals surface area contributed by atoms with Gasteiger partial charge in [0.05, 0.1) is 20.8 Å². The van der Waals surface area contributed by atoms with E-state index in [4.69, 9.17) is 14.2 Å². The largest absolute Gasteiger partial charge is 0.497 e. The highest BCUT2D eigenvalue weighted by Crippen LogP contribution is 2.43. The molecule has 152 valence electrons. The van der Waals surface area contributed by atoms with Gasteiger partial charge in [0, 0.05) is 17.5 Å². The van der Waals surface area contributed by atoms with E-state index < -0.39 is 23.6 Å². The average molecular weight is 398 g/mol. The SMILES string of the molecule is CCOC(=O)[C@@H]1C(=O)C=C(c2ccc(OC)cc2OC)C[C@H]1c1cccc(F)c1. The number of hydrogen-bond acceptors (Lipinski definition) is 5. The lowest BCUT2D eigenvalue weighted by atomic mass is 9.73. The summed E-state index contributed by atoms with van der Waals surface area (Å²) in [6, 6.07) is 11.3. The second-order valence-corrected chi connectivity index (χ2v) is 6.73. The molecule has 2 aromatic rings. The van der Waals surface area contributed by atoms with Crippen LogP contribution in [0.5, 0.6) is 11.5 Å². The Morgan fingerprint density at radius 2 is 1.93 bits per heavy atom. The van der Waals surface area contributed by atoms with Crippen LogP contribution in [0.25, 0.3) is 5.57 Å². The highest BCUT2D eigenvalue weighted by molar-refractivity contribution is 6.11. The fourth-order valence-corrected chi connectivity index (χ4v) is 3.68. The first-order valence-corrected chi connectivity index (χ1v) is 9.37. The quantitative estimate of drug-likeness (QED) is 0.540. The number of hydrogen-bond donors (Lipinski definition) is 0. The van der Waals surface area contributed by atoms with Gasteiger partial charge in [0.15, 0.2) is 5.78 Å². The number of esters is 1. The van der Waals surface area contributed by atoms with E-state index in [2.05, 4.69) is 0 Å². The van der Waals surface area contributed by atoms with Crippen molar-refractivity contribution in [2.45, 2.75) is 19.3 Å². The minimum Gasteiger partial charge on any atom is -0.497 e. The molecule has 0 spiro atoms. The van der Waals surface area contributed by atoms with Gasteiger partial charge in [-0.15, -0.1) is 0 Å². The highest BCUT2D eigenvalue weighted by atomic mass is 19.1. The van der Waals surface area contributed by atoms with Crippen LogP contribution >= 0.6 is 0 Å². The molecule has 6 heteroatoms. The molecule has 2 aromatic carbocycles. The lowest BCUT2D eigenvalue weighted by molar-refractivity contribution is -0.151. The van der Waals surface area contributed by atoms with E-state index in [1.54, 1.807) is 38.3 Å². The Morgan fingerprint density at radius 1 is 1.14 bits per heavy atom. The van der Waals surface area contributed by atoms with Crippen LogP contribution in [0.2, 0.25) is 0 Å². The molecule has 0 heterocycles. The van der Waals surface area contributed by atoms with Gasteiger partial charge in [-0.1, -0.05) is 12.1 Å². The fraction of sp³-hybridized carbons (Fsp3) is 0.304. The third-order valence-electron chi connectivity index (χ3n) is 5.04. The van der Waals surface area contributed by atoms with E-state index in [0.29, 0.717) is 29.1 Å². The summed E-state index contributed by atoms with van der Waals surface area (Å²) in [5, 5.41) is 0. The fourth-order valence-electron chi connectivity index (χ4n) is 3.68. The normalized spacial score (nSPS) is 18.8. The Bertz CT molecular complexity index is 950. The maximum absolute atomic E-state index is 13.9. The van der Waals surface area contributed by atoms with Crippen molar-refractivity contribution < 1.29 is 28.2 Å². The molecule has 0 fully saturated rings. The summed E-state index contributed by atoms with van der Waals surface area (Å²) in [6.45, 7) is 1.85. The second kappa shape index (κ2) is 8.90. The molecule has 0 aliphatic heterocycles. The molecule has 0 amide bonds. The molecule has 0 saturated carbocycles. The van der Waals surface area contributed by atoms with E-state index in [9.17, 15) is 14.0 Å². The Balaban J connectivity index is 2.07. The number of rotatable bonds is 6. The number of carbonyl (C=O) groups excluding carboxylic acids is 2. The third-order valence-corrected chi connectivity index (χ3v) is 5.04. The molecule has 0 N–H and O–H groups in total. The van der Waals surface area contributed by atoms with Crippen LogP contribution < -0.4 is 9.47 Å². The number of benzene rings is 2. The average Bonchev–Trinajstić information content (AvgIpc) is 2.72. The van der Waals surface area contributed by atoms with Gasteiger partial charge in [0.1, 0.15) is 23.2 Å². The Labute approximate surface area is 169 Å². The summed E-state index contributed by atoms with van der Waals surface area (Å²) in [6.07, 6.45) is 1.82. The van der Waals surface area contributed by atoms with E-state index in [1.165, 1.54) is 25.3 Å². The van der Waals surface area contributed by atoms with Gasteiger partial charge in [-0.2, -0.15) is 0 Å². The first-order chi connectivity index (χ1) is 14.0. The van der Waals surface area contributed by atoms with Gasteiger partial charge >= 0.3 is 5.97 Å². The number of ether oxygens (including phenoxy) is 3. The summed E-state index contributed by atoms with van der Waals surface area (Å²) < 4.78 is 29.7. The van der Waals surface area contributed by atoms with Crippen molar-refractivity contribution in [1.82, 2.24) is 0 Å². The Hall–Kier alpha value is -3.15. The molecule has 0 saturated heterocycles. The Morgan fingerprint density at radius 3 is 2.59 bits per heavy atom.